The number of hydrogen-bond donors (Lipinski definition) is 2. The normalized spacial score (nSPS) is 14.0. The Morgan fingerprint density at radius 3 is 2.62 bits per heavy atom. The molecule has 0 radical (unpaired) electrons. The second-order valence-electron chi connectivity index (χ2n) is 1.04. The van der Waals surface area contributed by atoms with Crippen LogP contribution in [0.25, 0.3) is 0 Å². The Balaban J connectivity index is 3.72. The van der Waals surface area contributed by atoms with Gasteiger partial charge in [0.25, 0.3) is 0 Å². The van der Waals surface area contributed by atoms with E-state index in [1.165, 1.54) is 6.20 Å². The van der Waals surface area contributed by atoms with Crippen LogP contribution in [0.4, 0.5) is 0 Å². The highest BCUT2D eigenvalue weighted by molar-refractivity contribution is 15.0. The molecule has 48 valence electrons. The maximum absolute atomic E-state index is 8.54. The number of nitrogens with two attached hydrogens (primary N) is 1. The van der Waals surface area contributed by atoms with Gasteiger partial charge >= 0.3 is 0 Å². The predicted octanol–water partition coefficient (Wildman–Crippen LogP) is 0.944. The minimum absolute atomic E-state index is 0.00490. The van der Waals surface area contributed by atoms with E-state index in [4.69, 9.17) is 10.8 Å². The number of aliphatic hydroxyl groups is 1. The van der Waals surface area contributed by atoms with Crippen molar-refractivity contribution in [3.63, 3.8) is 0 Å². The van der Waals surface area contributed by atoms with Crippen LogP contribution in [0.2, 0.25) is 0 Å². The Morgan fingerprint density at radius 1 is 1.88 bits per heavy atom. The first-order valence-corrected chi connectivity index (χ1v) is 9.32. The minimum atomic E-state index is 0.00490. The highest BCUT2D eigenvalue weighted by Crippen LogP contribution is 2.11. The van der Waals surface area contributed by atoms with Crippen LogP contribution < -0.4 is 5.73 Å². The van der Waals surface area contributed by atoms with E-state index in [0.717, 1.165) is 3.51 Å². The number of halogens is 2. The molecule has 0 atom stereocenters. The molecule has 0 aromatic rings. The molecule has 0 aliphatic heterocycles. The summed E-state index contributed by atoms with van der Waals surface area (Å²) < 4.78 is 1.06. The monoisotopic (exact) mass is 339 g/mol. The van der Waals surface area contributed by atoms with E-state index in [-0.39, 0.29) is 23.4 Å². The summed E-state index contributed by atoms with van der Waals surface area (Å²) in [6.45, 7) is 0.157. The third kappa shape index (κ3) is 3.79. The molecular weight excluding hydrogens is 332 g/mol. The summed E-state index contributed by atoms with van der Waals surface area (Å²) in [7, 11) is 0. The molecule has 0 aromatic heterocycles. The van der Waals surface area contributed by atoms with E-state index in [2.05, 4.69) is 18.6 Å². The van der Waals surface area contributed by atoms with Gasteiger partial charge in [0.2, 0.25) is 0 Å². The van der Waals surface area contributed by atoms with Gasteiger partial charge in [0.15, 0.2) is 0 Å². The number of rotatable bonds is 2. The Morgan fingerprint density at radius 2 is 2.50 bits per heavy atom. The summed E-state index contributed by atoms with van der Waals surface area (Å²) in [5, 5.41) is 8.54. The third-order valence-electron chi connectivity index (χ3n) is 0.520. The fourth-order valence-corrected chi connectivity index (χ4v) is 2.45. The SMILES string of the molecule is N/C=C/C(CO)=II. The maximum atomic E-state index is 8.54. The second kappa shape index (κ2) is 5.96. The van der Waals surface area contributed by atoms with Crippen LogP contribution in [0.1, 0.15) is 0 Å². The van der Waals surface area contributed by atoms with Crippen LogP contribution in [0.5, 0.6) is 0 Å². The van der Waals surface area contributed by atoms with Crippen molar-refractivity contribution in [2.75, 3.05) is 6.61 Å². The molecule has 0 saturated carbocycles. The zero-order valence-corrected chi connectivity index (χ0v) is 8.46. The number of aliphatic hydroxyl groups excluding tert-OH is 1. The quantitative estimate of drug-likeness (QED) is 0.736. The fourth-order valence-electron chi connectivity index (χ4n) is 0.204. The molecule has 0 aliphatic carbocycles. The lowest BCUT2D eigenvalue weighted by molar-refractivity contribution is 0.361. The molecule has 0 saturated heterocycles. The Bertz CT molecular complexity index is 108. The van der Waals surface area contributed by atoms with E-state index in [9.17, 15) is 0 Å². The van der Waals surface area contributed by atoms with Gasteiger partial charge in [-0.1, -0.05) is 0 Å². The Kier molecular flexibility index (Phi) is 6.58. The topological polar surface area (TPSA) is 46.2 Å². The molecule has 0 amide bonds. The zero-order valence-electron chi connectivity index (χ0n) is 4.14. The van der Waals surface area contributed by atoms with Crippen LogP contribution >= 0.6 is 35.4 Å². The summed E-state index contributed by atoms with van der Waals surface area (Å²) >= 11 is 2.28. The minimum Gasteiger partial charge on any atom is -0.405 e. The zero-order chi connectivity index (χ0) is 6.41. The molecule has 0 rings (SSSR count). The molecule has 8 heavy (non-hydrogen) atoms. The van der Waals surface area contributed by atoms with Gasteiger partial charge in [0.1, 0.15) is 0 Å². The predicted molar refractivity (Wildman–Crippen MR) is 53.5 cm³/mol. The molecule has 4 heteroatoms. The van der Waals surface area contributed by atoms with Gasteiger partial charge in [-0.05, 0) is 47.6 Å². The van der Waals surface area contributed by atoms with Gasteiger partial charge in [-0.25, -0.2) is 0 Å². The van der Waals surface area contributed by atoms with Crippen molar-refractivity contribution in [3.8, 4) is 0 Å². The van der Waals surface area contributed by atoms with E-state index in [0.29, 0.717) is 0 Å². The van der Waals surface area contributed by atoms with Crippen LogP contribution in [-0.4, -0.2) is 15.2 Å². The van der Waals surface area contributed by atoms with Gasteiger partial charge in [-0.15, -0.1) is 0 Å². The van der Waals surface area contributed by atoms with Crippen molar-refractivity contribution in [1.82, 2.24) is 0 Å². The van der Waals surface area contributed by atoms with Gasteiger partial charge in [0, 0.05) is 3.51 Å². The average Bonchev–Trinajstić information content (AvgIpc) is 1.83. The summed E-state index contributed by atoms with van der Waals surface area (Å²) in [5.74, 6) is 0. The van der Waals surface area contributed by atoms with E-state index in [1.54, 1.807) is 6.08 Å². The van der Waals surface area contributed by atoms with E-state index >= 15 is 0 Å². The van der Waals surface area contributed by atoms with Crippen molar-refractivity contribution in [1.29, 1.82) is 0 Å². The maximum Gasteiger partial charge on any atom is 0.0739 e. The summed E-state index contributed by atoms with van der Waals surface area (Å²) in [5.41, 5.74) is 5.08. The Labute approximate surface area is 68.1 Å². The highest BCUT2D eigenvalue weighted by atomic mass is 128. The molecule has 0 bridgehead atoms. The van der Waals surface area contributed by atoms with E-state index < -0.39 is 0 Å². The standard InChI is InChI=1S/C4H7I2NO/c5-6-4(3-8)1-2-7/h1-2,8H,3,7H2/b2-1+. The fraction of sp³-hybridized carbons (Fsp3) is 0.250. The van der Waals surface area contributed by atoms with E-state index in [1.807, 2.05) is 0 Å². The first-order chi connectivity index (χ1) is 3.85. The van der Waals surface area contributed by atoms with Crippen molar-refractivity contribution in [2.45, 2.75) is 0 Å². The molecule has 0 aliphatic rings. The lowest BCUT2D eigenvalue weighted by Crippen LogP contribution is -1.96. The highest BCUT2D eigenvalue weighted by Gasteiger charge is 1.83. The van der Waals surface area contributed by atoms with Gasteiger partial charge in [-0.3, -0.25) is 0 Å². The number of hydrogen-bond acceptors (Lipinski definition) is 2. The van der Waals surface area contributed by atoms with Crippen LogP contribution in [0.15, 0.2) is 12.3 Å². The first-order valence-electron chi connectivity index (χ1n) is 1.96. The summed E-state index contributed by atoms with van der Waals surface area (Å²) in [6, 6.07) is 0. The molecule has 2 nitrogen and oxygen atoms in total. The summed E-state index contributed by atoms with van der Waals surface area (Å²) in [4.78, 5) is 0. The van der Waals surface area contributed by atoms with Gasteiger partial charge < -0.3 is 10.8 Å². The second-order valence-corrected chi connectivity index (χ2v) is 5.56. The summed E-state index contributed by atoms with van der Waals surface area (Å²) in [6.07, 6.45) is 3.23. The molecular formula is C4H7I2NO. The lowest BCUT2D eigenvalue weighted by Gasteiger charge is -1.87. The van der Waals surface area contributed by atoms with Gasteiger partial charge in [0.05, 0.1) is 6.61 Å². The largest absolute Gasteiger partial charge is 0.405 e. The molecule has 0 heterocycles. The lowest BCUT2D eigenvalue weighted by atomic mass is 10.4. The van der Waals surface area contributed by atoms with Crippen molar-refractivity contribution in [3.05, 3.63) is 12.3 Å². The molecule has 0 fully saturated rings. The van der Waals surface area contributed by atoms with Gasteiger partial charge in [-0.2, -0.15) is 0 Å². The molecule has 0 unspecified atom stereocenters. The van der Waals surface area contributed by atoms with Crippen molar-refractivity contribution < 1.29 is 5.11 Å². The van der Waals surface area contributed by atoms with Crippen molar-refractivity contribution >= 4 is 38.9 Å². The molecule has 3 N–H and O–H groups in total. The molecule has 0 aromatic carbocycles. The van der Waals surface area contributed by atoms with Crippen LogP contribution in [0.3, 0.4) is 0 Å². The first kappa shape index (κ1) is 8.83. The van der Waals surface area contributed by atoms with Crippen molar-refractivity contribution in [2.24, 2.45) is 5.73 Å². The van der Waals surface area contributed by atoms with Crippen LogP contribution in [0, 0.1) is 0 Å². The smallest absolute Gasteiger partial charge is 0.0739 e. The molecule has 0 spiro atoms. The third-order valence-corrected chi connectivity index (χ3v) is 5.26. The van der Waals surface area contributed by atoms with Crippen LogP contribution in [-0.2, 0) is 0 Å². The average molecular weight is 339 g/mol. The Hall–Kier alpha value is 0.830.